The van der Waals surface area contributed by atoms with Gasteiger partial charge in [-0.25, -0.2) is 0 Å². The van der Waals surface area contributed by atoms with Gasteiger partial charge >= 0.3 is 0 Å². The van der Waals surface area contributed by atoms with Gasteiger partial charge in [-0.3, -0.25) is 4.79 Å². The molecular formula is C22H30O2. The Balaban J connectivity index is 1.76. The smallest absolute Gasteiger partial charge is 0.139 e. The van der Waals surface area contributed by atoms with Crippen molar-refractivity contribution in [2.45, 2.75) is 65.2 Å². The lowest BCUT2D eigenvalue weighted by Crippen LogP contribution is -2.46. The van der Waals surface area contributed by atoms with E-state index in [1.165, 1.54) is 24.0 Å². The van der Waals surface area contributed by atoms with Crippen molar-refractivity contribution in [1.82, 2.24) is 0 Å². The van der Waals surface area contributed by atoms with Crippen LogP contribution in [0.4, 0.5) is 0 Å². The topological polar surface area (TPSA) is 26.3 Å². The fourth-order valence-corrected chi connectivity index (χ4v) is 6.52. The molecule has 0 aliphatic heterocycles. The summed E-state index contributed by atoms with van der Waals surface area (Å²) >= 11 is 0. The average molecular weight is 326 g/mol. The average Bonchev–Trinajstić information content (AvgIpc) is 2.81. The van der Waals surface area contributed by atoms with Crippen molar-refractivity contribution < 1.29 is 9.53 Å². The summed E-state index contributed by atoms with van der Waals surface area (Å²) in [5, 5.41) is 0. The minimum atomic E-state index is -0.0735. The third-order valence-electron chi connectivity index (χ3n) is 7.86. The van der Waals surface area contributed by atoms with Gasteiger partial charge in [0.1, 0.15) is 11.5 Å². The second-order valence-corrected chi connectivity index (χ2v) is 8.92. The molecule has 24 heavy (non-hydrogen) atoms. The number of methoxy groups -OCH3 is 1. The second kappa shape index (κ2) is 5.34. The van der Waals surface area contributed by atoms with E-state index in [1.54, 1.807) is 7.11 Å². The van der Waals surface area contributed by atoms with Gasteiger partial charge in [0, 0.05) is 11.8 Å². The summed E-state index contributed by atoms with van der Waals surface area (Å²) in [6.07, 6.45) is 6.52. The number of rotatable bonds is 2. The van der Waals surface area contributed by atoms with Gasteiger partial charge in [0.25, 0.3) is 0 Å². The molecule has 0 saturated heterocycles. The second-order valence-electron chi connectivity index (χ2n) is 8.92. The first-order valence-electron chi connectivity index (χ1n) is 9.63. The summed E-state index contributed by atoms with van der Waals surface area (Å²) < 4.78 is 5.42. The van der Waals surface area contributed by atoms with Crippen molar-refractivity contribution in [1.29, 1.82) is 0 Å². The predicted octanol–water partition coefficient (Wildman–Crippen LogP) is 5.15. The normalized spacial score (nSPS) is 40.7. The molecule has 4 rings (SSSR count). The number of carbonyl (C=O) groups excluding carboxylic acids is 1. The molecule has 2 heteroatoms. The number of hydrogen-bond acceptors (Lipinski definition) is 2. The summed E-state index contributed by atoms with van der Waals surface area (Å²) in [5.41, 5.74) is 3.13. The molecule has 5 atom stereocenters. The van der Waals surface area contributed by atoms with Crippen LogP contribution in [0.15, 0.2) is 18.2 Å². The zero-order valence-corrected chi connectivity index (χ0v) is 15.5. The molecule has 130 valence electrons. The summed E-state index contributed by atoms with van der Waals surface area (Å²) in [6, 6.07) is 6.65. The predicted molar refractivity (Wildman–Crippen MR) is 96.4 cm³/mol. The molecule has 0 unspecified atom stereocenters. The third-order valence-corrected chi connectivity index (χ3v) is 7.86. The summed E-state index contributed by atoms with van der Waals surface area (Å²) in [5.74, 6) is 3.37. The quantitative estimate of drug-likeness (QED) is 0.751. The Morgan fingerprint density at radius 2 is 2.04 bits per heavy atom. The Bertz CT molecular complexity index is 679. The molecular weight excluding hydrogens is 296 g/mol. The molecule has 3 aliphatic rings. The van der Waals surface area contributed by atoms with E-state index in [9.17, 15) is 4.79 Å². The first-order chi connectivity index (χ1) is 11.4. The van der Waals surface area contributed by atoms with Gasteiger partial charge in [-0.05, 0) is 78.5 Å². The minimum Gasteiger partial charge on any atom is -0.497 e. The van der Waals surface area contributed by atoms with E-state index in [0.29, 0.717) is 23.5 Å². The standard InChI is InChI=1S/C22H30O2/c1-5-21(2)13-19(23)22(3)11-10-17-16-9-7-15(24-4)12-14(16)6-8-18(17)20(21)22/h7,9,12,17-18,20H,5-6,8,10-11,13H2,1-4H3/t17-,18-,20-,21-,22-/m1/s1. The van der Waals surface area contributed by atoms with E-state index < -0.39 is 0 Å². The van der Waals surface area contributed by atoms with E-state index >= 15 is 0 Å². The first kappa shape index (κ1) is 16.2. The minimum absolute atomic E-state index is 0.0735. The van der Waals surface area contributed by atoms with E-state index in [4.69, 9.17) is 4.74 Å². The zero-order chi connectivity index (χ0) is 17.1. The van der Waals surface area contributed by atoms with Gasteiger partial charge < -0.3 is 4.74 Å². The highest BCUT2D eigenvalue weighted by atomic mass is 16.5. The van der Waals surface area contributed by atoms with E-state index in [1.807, 2.05) is 0 Å². The van der Waals surface area contributed by atoms with E-state index in [0.717, 1.165) is 31.4 Å². The lowest BCUT2D eigenvalue weighted by atomic mass is 9.51. The maximum absolute atomic E-state index is 12.9. The van der Waals surface area contributed by atoms with Crippen LogP contribution in [0.1, 0.15) is 69.9 Å². The van der Waals surface area contributed by atoms with Crippen molar-refractivity contribution in [2.24, 2.45) is 22.7 Å². The molecule has 1 aromatic carbocycles. The van der Waals surface area contributed by atoms with Gasteiger partial charge in [-0.1, -0.05) is 26.8 Å². The van der Waals surface area contributed by atoms with Gasteiger partial charge in [0.15, 0.2) is 0 Å². The number of ether oxygens (including phenoxy) is 1. The number of fused-ring (bicyclic) bond motifs is 5. The molecule has 1 aromatic rings. The first-order valence-corrected chi connectivity index (χ1v) is 9.63. The highest BCUT2D eigenvalue weighted by molar-refractivity contribution is 5.88. The number of benzene rings is 1. The Morgan fingerprint density at radius 1 is 1.25 bits per heavy atom. The van der Waals surface area contributed by atoms with Gasteiger partial charge in [0.05, 0.1) is 7.11 Å². The van der Waals surface area contributed by atoms with Gasteiger partial charge in [-0.2, -0.15) is 0 Å². The number of hydrogen-bond donors (Lipinski definition) is 0. The Hall–Kier alpha value is -1.31. The highest BCUT2D eigenvalue weighted by Crippen LogP contribution is 2.66. The van der Waals surface area contributed by atoms with E-state index in [-0.39, 0.29) is 10.8 Å². The maximum Gasteiger partial charge on any atom is 0.139 e. The molecule has 0 heterocycles. The van der Waals surface area contributed by atoms with Crippen LogP contribution >= 0.6 is 0 Å². The molecule has 0 bridgehead atoms. The summed E-state index contributed by atoms with van der Waals surface area (Å²) in [7, 11) is 1.75. The van der Waals surface area contributed by atoms with Crippen molar-refractivity contribution >= 4 is 5.78 Å². The van der Waals surface area contributed by atoms with Crippen LogP contribution in [0.2, 0.25) is 0 Å². The van der Waals surface area contributed by atoms with Gasteiger partial charge in [0.2, 0.25) is 0 Å². The van der Waals surface area contributed by atoms with Crippen LogP contribution in [0.3, 0.4) is 0 Å². The van der Waals surface area contributed by atoms with Crippen LogP contribution in [-0.2, 0) is 11.2 Å². The van der Waals surface area contributed by atoms with Gasteiger partial charge in [-0.15, -0.1) is 0 Å². The largest absolute Gasteiger partial charge is 0.497 e. The Labute approximate surface area is 146 Å². The molecule has 0 aromatic heterocycles. The van der Waals surface area contributed by atoms with Crippen LogP contribution < -0.4 is 4.74 Å². The molecule has 2 nitrogen and oxygen atoms in total. The van der Waals surface area contributed by atoms with Crippen molar-refractivity contribution in [3.63, 3.8) is 0 Å². The summed E-state index contributed by atoms with van der Waals surface area (Å²) in [4.78, 5) is 12.9. The van der Waals surface area contributed by atoms with Crippen molar-refractivity contribution in [3.05, 3.63) is 29.3 Å². The monoisotopic (exact) mass is 326 g/mol. The molecule has 2 fully saturated rings. The van der Waals surface area contributed by atoms with Crippen LogP contribution in [0, 0.1) is 22.7 Å². The van der Waals surface area contributed by atoms with Crippen LogP contribution in [-0.4, -0.2) is 12.9 Å². The number of ketones is 1. The SMILES string of the molecule is CC[C@]1(C)CC(=O)[C@@]2(C)CC[C@@H]3c4ccc(OC)cc4CC[C@H]3[C@H]12. The number of carbonyl (C=O) groups is 1. The van der Waals surface area contributed by atoms with Crippen molar-refractivity contribution in [2.75, 3.05) is 7.11 Å². The van der Waals surface area contributed by atoms with E-state index in [2.05, 4.69) is 39.0 Å². The third kappa shape index (κ3) is 2.04. The summed E-state index contributed by atoms with van der Waals surface area (Å²) in [6.45, 7) is 6.94. The maximum atomic E-state index is 12.9. The molecule has 0 N–H and O–H groups in total. The zero-order valence-electron chi connectivity index (χ0n) is 15.5. The van der Waals surface area contributed by atoms with Crippen molar-refractivity contribution in [3.8, 4) is 5.75 Å². The lowest BCUT2D eigenvalue weighted by Gasteiger charge is -2.52. The van der Waals surface area contributed by atoms with Crippen LogP contribution in [0.25, 0.3) is 0 Å². The molecule has 0 amide bonds. The number of aryl methyl sites for hydroxylation is 1. The van der Waals surface area contributed by atoms with Crippen LogP contribution in [0.5, 0.6) is 5.75 Å². The Kier molecular flexibility index (Phi) is 3.60. The fourth-order valence-electron chi connectivity index (χ4n) is 6.52. The molecule has 2 saturated carbocycles. The highest BCUT2D eigenvalue weighted by Gasteiger charge is 2.62. The fraction of sp³-hybridized carbons (Fsp3) is 0.682. The molecule has 3 aliphatic carbocycles. The lowest BCUT2D eigenvalue weighted by molar-refractivity contribution is -0.129. The molecule has 0 radical (unpaired) electrons. The number of Topliss-reactive ketones (excluding diaryl/α,β-unsaturated/α-hetero) is 1. The Morgan fingerprint density at radius 3 is 2.75 bits per heavy atom. The molecule has 0 spiro atoms.